The second-order valence-electron chi connectivity index (χ2n) is 4.60. The van der Waals surface area contributed by atoms with Crippen LogP contribution in [0, 0.1) is 0 Å². The summed E-state index contributed by atoms with van der Waals surface area (Å²) < 4.78 is 39.3. The van der Waals surface area contributed by atoms with Crippen molar-refractivity contribution >= 4 is 17.3 Å². The minimum atomic E-state index is -4.39. The van der Waals surface area contributed by atoms with E-state index < -0.39 is 11.7 Å². The van der Waals surface area contributed by atoms with E-state index in [2.05, 4.69) is 0 Å². The Morgan fingerprint density at radius 2 is 1.60 bits per heavy atom. The average Bonchev–Trinajstić information content (AvgIpc) is 2.37. The fraction of sp³-hybridized carbons (Fsp3) is 0.200. The van der Waals surface area contributed by atoms with E-state index in [9.17, 15) is 13.2 Å². The Morgan fingerprint density at radius 1 is 0.950 bits per heavy atom. The number of nitrogens with zero attached hydrogens (tertiary/aromatic N) is 1. The number of halogens is 4. The summed E-state index contributed by atoms with van der Waals surface area (Å²) in [6, 6.07) is 10.4. The van der Waals surface area contributed by atoms with Gasteiger partial charge in [0.2, 0.25) is 0 Å². The van der Waals surface area contributed by atoms with Gasteiger partial charge in [-0.05, 0) is 23.8 Å². The van der Waals surface area contributed by atoms with Crippen molar-refractivity contribution in [1.29, 1.82) is 0 Å². The van der Waals surface area contributed by atoms with E-state index in [-0.39, 0.29) is 5.56 Å². The first-order valence-corrected chi connectivity index (χ1v) is 6.32. The molecule has 0 aliphatic heterocycles. The van der Waals surface area contributed by atoms with Gasteiger partial charge < -0.3 is 4.90 Å². The molecule has 0 radical (unpaired) electrons. The fourth-order valence-electron chi connectivity index (χ4n) is 2.07. The Labute approximate surface area is 120 Å². The lowest BCUT2D eigenvalue weighted by molar-refractivity contribution is -0.137. The molecule has 1 nitrogen and oxygen atoms in total. The molecule has 0 aromatic heterocycles. The van der Waals surface area contributed by atoms with Crippen LogP contribution in [0.5, 0.6) is 0 Å². The van der Waals surface area contributed by atoms with E-state index in [1.165, 1.54) is 12.1 Å². The van der Waals surface area contributed by atoms with Crippen molar-refractivity contribution in [3.8, 4) is 11.1 Å². The number of anilines is 1. The third-order valence-corrected chi connectivity index (χ3v) is 3.20. The van der Waals surface area contributed by atoms with E-state index >= 15 is 0 Å². The van der Waals surface area contributed by atoms with Crippen LogP contribution in [-0.2, 0) is 6.18 Å². The molecule has 0 aliphatic carbocycles. The Kier molecular flexibility index (Phi) is 3.95. The molecule has 0 spiro atoms. The van der Waals surface area contributed by atoms with Crippen molar-refractivity contribution in [1.82, 2.24) is 0 Å². The molecule has 106 valence electrons. The van der Waals surface area contributed by atoms with Crippen molar-refractivity contribution in [3.05, 3.63) is 53.1 Å². The molecule has 0 fully saturated rings. The molecule has 2 aromatic carbocycles. The molecule has 0 unspecified atom stereocenters. The van der Waals surface area contributed by atoms with E-state index in [0.29, 0.717) is 16.3 Å². The molecule has 0 aliphatic rings. The standard InChI is InChI=1S/C15H13ClF3N/c1-20(2)14-9-10(16)7-8-12(14)11-5-3-4-6-13(11)15(17,18)19/h3-9H,1-2H3. The Balaban J connectivity index is 2.70. The van der Waals surface area contributed by atoms with Gasteiger partial charge in [0.05, 0.1) is 5.56 Å². The Hall–Kier alpha value is -1.68. The largest absolute Gasteiger partial charge is 0.417 e. The van der Waals surface area contributed by atoms with Gasteiger partial charge in [-0.2, -0.15) is 13.2 Å². The second-order valence-corrected chi connectivity index (χ2v) is 5.04. The average molecular weight is 300 g/mol. The highest BCUT2D eigenvalue weighted by molar-refractivity contribution is 6.31. The summed E-state index contributed by atoms with van der Waals surface area (Å²) in [6.45, 7) is 0. The van der Waals surface area contributed by atoms with E-state index in [1.807, 2.05) is 0 Å². The smallest absolute Gasteiger partial charge is 0.377 e. The van der Waals surface area contributed by atoms with Gasteiger partial charge >= 0.3 is 6.18 Å². The zero-order valence-corrected chi connectivity index (χ0v) is 11.8. The molecule has 0 atom stereocenters. The van der Waals surface area contributed by atoms with Crippen molar-refractivity contribution < 1.29 is 13.2 Å². The number of alkyl halides is 3. The predicted octanol–water partition coefficient (Wildman–Crippen LogP) is 5.09. The van der Waals surface area contributed by atoms with Gasteiger partial charge in [-0.1, -0.05) is 35.9 Å². The van der Waals surface area contributed by atoms with Crippen LogP contribution < -0.4 is 4.90 Å². The summed E-state index contributed by atoms with van der Waals surface area (Å²) in [4.78, 5) is 1.74. The maximum Gasteiger partial charge on any atom is 0.417 e. The number of hydrogen-bond acceptors (Lipinski definition) is 1. The highest BCUT2D eigenvalue weighted by Crippen LogP contribution is 2.40. The summed E-state index contributed by atoms with van der Waals surface area (Å²) in [5.74, 6) is 0. The minimum Gasteiger partial charge on any atom is -0.377 e. The van der Waals surface area contributed by atoms with Crippen LogP contribution in [0.25, 0.3) is 11.1 Å². The number of hydrogen-bond donors (Lipinski definition) is 0. The first kappa shape index (κ1) is 14.7. The molecule has 0 bridgehead atoms. The minimum absolute atomic E-state index is 0.153. The quantitative estimate of drug-likeness (QED) is 0.746. The lowest BCUT2D eigenvalue weighted by Gasteiger charge is -2.20. The van der Waals surface area contributed by atoms with Crippen molar-refractivity contribution in [2.75, 3.05) is 19.0 Å². The molecule has 2 rings (SSSR count). The van der Waals surface area contributed by atoms with Gasteiger partial charge in [-0.3, -0.25) is 0 Å². The first-order chi connectivity index (χ1) is 9.30. The number of benzene rings is 2. The molecule has 2 aromatic rings. The lowest BCUT2D eigenvalue weighted by Crippen LogP contribution is -2.12. The molecular weight excluding hydrogens is 287 g/mol. The van der Waals surface area contributed by atoms with Crippen LogP contribution in [0.1, 0.15) is 5.56 Å². The summed E-state index contributed by atoms with van der Waals surface area (Å²) in [5.41, 5.74) is 0.660. The van der Waals surface area contributed by atoms with Gasteiger partial charge in [0.25, 0.3) is 0 Å². The van der Waals surface area contributed by atoms with Crippen molar-refractivity contribution in [2.45, 2.75) is 6.18 Å². The normalized spacial score (nSPS) is 11.5. The fourth-order valence-corrected chi connectivity index (χ4v) is 2.23. The maximum atomic E-state index is 13.1. The zero-order valence-electron chi connectivity index (χ0n) is 11.0. The summed E-state index contributed by atoms with van der Waals surface area (Å²) >= 11 is 5.93. The van der Waals surface area contributed by atoms with Crippen LogP contribution in [0.2, 0.25) is 5.02 Å². The van der Waals surface area contributed by atoms with Crippen molar-refractivity contribution in [2.24, 2.45) is 0 Å². The molecule has 0 saturated carbocycles. The van der Waals surface area contributed by atoms with Gasteiger partial charge in [0, 0.05) is 30.4 Å². The predicted molar refractivity (Wildman–Crippen MR) is 76.2 cm³/mol. The Morgan fingerprint density at radius 3 is 2.20 bits per heavy atom. The zero-order chi connectivity index (χ0) is 14.9. The first-order valence-electron chi connectivity index (χ1n) is 5.94. The third kappa shape index (κ3) is 2.90. The van der Waals surface area contributed by atoms with E-state index in [0.717, 1.165) is 6.07 Å². The summed E-state index contributed by atoms with van der Waals surface area (Å²) in [7, 11) is 3.54. The molecule has 0 saturated heterocycles. The van der Waals surface area contributed by atoms with Crippen LogP contribution in [0.15, 0.2) is 42.5 Å². The Bertz CT molecular complexity index is 621. The lowest BCUT2D eigenvalue weighted by atomic mass is 9.97. The molecule has 0 N–H and O–H groups in total. The highest BCUT2D eigenvalue weighted by Gasteiger charge is 2.33. The third-order valence-electron chi connectivity index (χ3n) is 2.96. The van der Waals surface area contributed by atoms with Crippen LogP contribution >= 0.6 is 11.6 Å². The summed E-state index contributed by atoms with van der Waals surface area (Å²) in [6.07, 6.45) is -4.39. The molecule has 5 heteroatoms. The van der Waals surface area contributed by atoms with Crippen LogP contribution in [0.3, 0.4) is 0 Å². The SMILES string of the molecule is CN(C)c1cc(Cl)ccc1-c1ccccc1C(F)(F)F. The van der Waals surface area contributed by atoms with E-state index in [4.69, 9.17) is 11.6 Å². The molecule has 20 heavy (non-hydrogen) atoms. The molecular formula is C15H13ClF3N. The highest BCUT2D eigenvalue weighted by atomic mass is 35.5. The maximum absolute atomic E-state index is 13.1. The van der Waals surface area contributed by atoms with Gasteiger partial charge in [0.1, 0.15) is 0 Å². The van der Waals surface area contributed by atoms with Crippen LogP contribution in [0.4, 0.5) is 18.9 Å². The van der Waals surface area contributed by atoms with Gasteiger partial charge in [-0.15, -0.1) is 0 Å². The molecule has 0 heterocycles. The second kappa shape index (κ2) is 5.37. The monoisotopic (exact) mass is 299 g/mol. The van der Waals surface area contributed by atoms with Crippen LogP contribution in [-0.4, -0.2) is 14.1 Å². The van der Waals surface area contributed by atoms with E-state index in [1.54, 1.807) is 43.3 Å². The number of rotatable bonds is 2. The topological polar surface area (TPSA) is 3.24 Å². The summed E-state index contributed by atoms with van der Waals surface area (Å²) in [5, 5.41) is 0.488. The van der Waals surface area contributed by atoms with Crippen molar-refractivity contribution in [3.63, 3.8) is 0 Å². The van der Waals surface area contributed by atoms with Gasteiger partial charge in [-0.25, -0.2) is 0 Å². The van der Waals surface area contributed by atoms with Gasteiger partial charge in [0.15, 0.2) is 0 Å². The molecule has 0 amide bonds.